The molecule has 62 valence electrons. The number of hydrogen-bond donors (Lipinski definition) is 0. The Morgan fingerprint density at radius 2 is 1.40 bits per heavy atom. The predicted molar refractivity (Wildman–Crippen MR) is 48.1 cm³/mol. The van der Waals surface area contributed by atoms with Gasteiger partial charge in [-0.05, 0) is 17.8 Å². The highest BCUT2D eigenvalue weighted by atomic mass is 14.2. The van der Waals surface area contributed by atoms with Crippen LogP contribution in [0.15, 0.2) is 0 Å². The second kappa shape index (κ2) is 4.76. The first-order valence-electron chi connectivity index (χ1n) is 4.63. The highest BCUT2D eigenvalue weighted by Gasteiger charge is 2.16. The van der Waals surface area contributed by atoms with Gasteiger partial charge in [-0.2, -0.15) is 0 Å². The lowest BCUT2D eigenvalue weighted by Crippen LogP contribution is -2.16. The molecule has 0 aromatic carbocycles. The molecule has 0 aromatic heterocycles. The molecule has 0 spiro atoms. The zero-order valence-electron chi connectivity index (χ0n) is 8.15. The third-order valence-corrected chi connectivity index (χ3v) is 2.70. The fourth-order valence-corrected chi connectivity index (χ4v) is 1.83. The predicted octanol–water partition coefficient (Wildman–Crippen LogP) is 3.71. The van der Waals surface area contributed by atoms with Gasteiger partial charge in [0.25, 0.3) is 0 Å². The van der Waals surface area contributed by atoms with Gasteiger partial charge in [0.05, 0.1) is 0 Å². The summed E-state index contributed by atoms with van der Waals surface area (Å²) in [5.74, 6) is 2.70. The van der Waals surface area contributed by atoms with Crippen molar-refractivity contribution in [2.24, 2.45) is 17.8 Å². The van der Waals surface area contributed by atoms with Crippen LogP contribution in [-0.2, 0) is 0 Å². The minimum Gasteiger partial charge on any atom is -0.0651 e. The molecular weight excluding hydrogens is 120 g/mol. The molecule has 0 fully saturated rings. The van der Waals surface area contributed by atoms with E-state index in [1.807, 2.05) is 0 Å². The fraction of sp³-hybridized carbons (Fsp3) is 1.00. The van der Waals surface area contributed by atoms with Gasteiger partial charge in [0, 0.05) is 0 Å². The molecule has 1 unspecified atom stereocenters. The Balaban J connectivity index is 3.80. The van der Waals surface area contributed by atoms with E-state index in [9.17, 15) is 0 Å². The van der Waals surface area contributed by atoms with Crippen molar-refractivity contribution in [1.29, 1.82) is 0 Å². The maximum Gasteiger partial charge on any atom is -0.0368 e. The average molecular weight is 142 g/mol. The van der Waals surface area contributed by atoms with Crippen molar-refractivity contribution in [2.45, 2.75) is 47.5 Å². The Bertz CT molecular complexity index is 74.1. The topological polar surface area (TPSA) is 0 Å². The van der Waals surface area contributed by atoms with Crippen LogP contribution in [0.25, 0.3) is 0 Å². The highest BCUT2D eigenvalue weighted by molar-refractivity contribution is 4.66. The minimum atomic E-state index is 0.861. The van der Waals surface area contributed by atoms with Crippen molar-refractivity contribution >= 4 is 0 Å². The summed E-state index contributed by atoms with van der Waals surface area (Å²) in [7, 11) is 0. The Morgan fingerprint density at radius 1 is 0.900 bits per heavy atom. The Morgan fingerprint density at radius 3 is 1.50 bits per heavy atom. The maximum absolute atomic E-state index is 2.37. The lowest BCUT2D eigenvalue weighted by Gasteiger charge is -2.24. The molecule has 0 nitrogen and oxygen atoms in total. The van der Waals surface area contributed by atoms with Crippen LogP contribution >= 0.6 is 0 Å². The first kappa shape index (κ1) is 10.0. The normalized spacial score (nSPS) is 17.4. The smallest absolute Gasteiger partial charge is 0.0368 e. The van der Waals surface area contributed by atoms with E-state index in [4.69, 9.17) is 0 Å². The number of hydrogen-bond acceptors (Lipinski definition) is 0. The summed E-state index contributed by atoms with van der Waals surface area (Å²) in [6.07, 6.45) is 2.67. The molecule has 0 N–H and O–H groups in total. The van der Waals surface area contributed by atoms with Gasteiger partial charge in [-0.3, -0.25) is 0 Å². The molecule has 0 bridgehead atoms. The van der Waals surface area contributed by atoms with Crippen molar-refractivity contribution in [3.63, 3.8) is 0 Å². The number of rotatable bonds is 4. The molecule has 0 aromatic rings. The lowest BCUT2D eigenvalue weighted by atomic mass is 9.81. The van der Waals surface area contributed by atoms with Crippen LogP contribution in [0.2, 0.25) is 0 Å². The Kier molecular flexibility index (Phi) is 4.76. The standard InChI is InChI=1S/C10H22/c1-6-9(5)10(7-2)8(3)4/h8-10H,6-7H2,1-5H3/t9?,10-/m1/s1. The van der Waals surface area contributed by atoms with E-state index in [1.165, 1.54) is 12.8 Å². The first-order valence-corrected chi connectivity index (χ1v) is 4.63. The SMILES string of the molecule is CCC(C)[C@H](CC)C(C)C. The average Bonchev–Trinajstić information content (AvgIpc) is 1.88. The van der Waals surface area contributed by atoms with Crippen LogP contribution in [0.4, 0.5) is 0 Å². The minimum absolute atomic E-state index is 0.861. The molecule has 10 heavy (non-hydrogen) atoms. The largest absolute Gasteiger partial charge is 0.0651 e. The monoisotopic (exact) mass is 142 g/mol. The molecule has 0 rings (SSSR count). The lowest BCUT2D eigenvalue weighted by molar-refractivity contribution is 0.256. The summed E-state index contributed by atoms with van der Waals surface area (Å²) in [5, 5.41) is 0. The van der Waals surface area contributed by atoms with E-state index in [0.29, 0.717) is 0 Å². The first-order chi connectivity index (χ1) is 4.63. The third-order valence-electron chi connectivity index (χ3n) is 2.70. The molecule has 0 aliphatic rings. The van der Waals surface area contributed by atoms with Gasteiger partial charge >= 0.3 is 0 Å². The van der Waals surface area contributed by atoms with E-state index in [2.05, 4.69) is 34.6 Å². The van der Waals surface area contributed by atoms with E-state index in [0.717, 1.165) is 17.8 Å². The van der Waals surface area contributed by atoms with Gasteiger partial charge in [-0.25, -0.2) is 0 Å². The second-order valence-electron chi connectivity index (χ2n) is 3.70. The van der Waals surface area contributed by atoms with E-state index >= 15 is 0 Å². The van der Waals surface area contributed by atoms with Crippen molar-refractivity contribution in [3.05, 3.63) is 0 Å². The van der Waals surface area contributed by atoms with Crippen molar-refractivity contribution < 1.29 is 0 Å². The van der Waals surface area contributed by atoms with Crippen LogP contribution in [0.1, 0.15) is 47.5 Å². The van der Waals surface area contributed by atoms with E-state index < -0.39 is 0 Å². The van der Waals surface area contributed by atoms with Crippen molar-refractivity contribution in [3.8, 4) is 0 Å². The third kappa shape index (κ3) is 2.72. The van der Waals surface area contributed by atoms with Gasteiger partial charge in [0.1, 0.15) is 0 Å². The maximum atomic E-state index is 2.37. The second-order valence-corrected chi connectivity index (χ2v) is 3.70. The highest BCUT2D eigenvalue weighted by Crippen LogP contribution is 2.25. The summed E-state index contributed by atoms with van der Waals surface area (Å²) < 4.78 is 0. The molecule has 0 aliphatic carbocycles. The van der Waals surface area contributed by atoms with Crippen LogP contribution in [0.3, 0.4) is 0 Å². The Hall–Kier alpha value is 0. The fourth-order valence-electron chi connectivity index (χ4n) is 1.83. The molecule has 2 atom stereocenters. The van der Waals surface area contributed by atoms with Crippen LogP contribution in [0, 0.1) is 17.8 Å². The summed E-state index contributed by atoms with van der Waals surface area (Å²) in [5.41, 5.74) is 0. The molecule has 0 heteroatoms. The zero-order valence-corrected chi connectivity index (χ0v) is 8.15. The molecular formula is C10H22. The summed E-state index contributed by atoms with van der Waals surface area (Å²) in [6.45, 7) is 11.6. The summed E-state index contributed by atoms with van der Waals surface area (Å²) in [6, 6.07) is 0. The van der Waals surface area contributed by atoms with Gasteiger partial charge < -0.3 is 0 Å². The summed E-state index contributed by atoms with van der Waals surface area (Å²) >= 11 is 0. The molecule has 0 aliphatic heterocycles. The van der Waals surface area contributed by atoms with Gasteiger partial charge in [0.2, 0.25) is 0 Å². The quantitative estimate of drug-likeness (QED) is 0.561. The summed E-state index contributed by atoms with van der Waals surface area (Å²) in [4.78, 5) is 0. The van der Waals surface area contributed by atoms with E-state index in [1.54, 1.807) is 0 Å². The molecule has 0 heterocycles. The van der Waals surface area contributed by atoms with Crippen LogP contribution in [0.5, 0.6) is 0 Å². The van der Waals surface area contributed by atoms with Gasteiger partial charge in [-0.15, -0.1) is 0 Å². The van der Waals surface area contributed by atoms with Gasteiger partial charge in [-0.1, -0.05) is 47.5 Å². The molecule has 0 radical (unpaired) electrons. The van der Waals surface area contributed by atoms with Crippen LogP contribution in [-0.4, -0.2) is 0 Å². The van der Waals surface area contributed by atoms with Crippen LogP contribution < -0.4 is 0 Å². The van der Waals surface area contributed by atoms with E-state index in [-0.39, 0.29) is 0 Å². The van der Waals surface area contributed by atoms with Crippen molar-refractivity contribution in [2.75, 3.05) is 0 Å². The molecule has 0 saturated carbocycles. The van der Waals surface area contributed by atoms with Crippen molar-refractivity contribution in [1.82, 2.24) is 0 Å². The molecule has 0 saturated heterocycles. The van der Waals surface area contributed by atoms with Gasteiger partial charge in [0.15, 0.2) is 0 Å². The zero-order chi connectivity index (χ0) is 8.15. The Labute approximate surface area is 66.0 Å². The molecule has 0 amide bonds.